The molecule has 0 spiro atoms. The summed E-state index contributed by atoms with van der Waals surface area (Å²) in [7, 11) is 1.86. The number of aliphatic carboxylic acids is 1. The van der Waals surface area contributed by atoms with E-state index in [-0.39, 0.29) is 6.54 Å². The van der Waals surface area contributed by atoms with Gasteiger partial charge >= 0.3 is 5.97 Å². The van der Waals surface area contributed by atoms with Crippen molar-refractivity contribution < 1.29 is 9.90 Å². The highest BCUT2D eigenvalue weighted by Gasteiger charge is 2.27. The van der Waals surface area contributed by atoms with Crippen LogP contribution in [0, 0.1) is 5.92 Å². The maximum absolute atomic E-state index is 10.9. The van der Waals surface area contributed by atoms with Gasteiger partial charge in [0.1, 0.15) is 6.54 Å². The smallest absolute Gasteiger partial charge is 0.323 e. The van der Waals surface area contributed by atoms with E-state index in [2.05, 4.69) is 11.0 Å². The second kappa shape index (κ2) is 5.44. The van der Waals surface area contributed by atoms with Crippen molar-refractivity contribution in [1.82, 2.24) is 4.90 Å². The van der Waals surface area contributed by atoms with Crippen molar-refractivity contribution >= 4 is 11.7 Å². The molecule has 0 aromatic heterocycles. The Kier molecular flexibility index (Phi) is 3.66. The molecule has 1 aliphatic carbocycles. The average Bonchev–Trinajstić information content (AvgIpc) is 3.21. The van der Waals surface area contributed by atoms with Gasteiger partial charge in [-0.05, 0) is 42.4 Å². The van der Waals surface area contributed by atoms with Crippen LogP contribution in [0.25, 0.3) is 0 Å². The van der Waals surface area contributed by atoms with Gasteiger partial charge in [-0.25, -0.2) is 0 Å². The zero-order valence-electron chi connectivity index (χ0n) is 12.0. The van der Waals surface area contributed by atoms with Crippen LogP contribution in [0.2, 0.25) is 0 Å². The molecule has 4 nitrogen and oxygen atoms in total. The molecule has 1 heterocycles. The van der Waals surface area contributed by atoms with Gasteiger partial charge in [-0.1, -0.05) is 12.1 Å². The highest BCUT2D eigenvalue weighted by Crippen LogP contribution is 2.33. The first-order valence-corrected chi connectivity index (χ1v) is 7.39. The normalized spacial score (nSPS) is 18.6. The van der Waals surface area contributed by atoms with Gasteiger partial charge in [0.25, 0.3) is 0 Å². The number of carboxylic acids is 1. The third-order valence-electron chi connectivity index (χ3n) is 4.32. The fraction of sp³-hybridized carbons (Fsp3) is 0.562. The quantitative estimate of drug-likeness (QED) is 0.891. The standard InChI is InChI=1S/C16H22N2O2/c1-17(11-16(19)20)15-4-2-3-13-10-18(8-7-14(13)15)9-12-5-6-12/h2-4,12H,5-11H2,1H3,(H,19,20). The Labute approximate surface area is 120 Å². The molecule has 108 valence electrons. The van der Waals surface area contributed by atoms with Crippen LogP contribution >= 0.6 is 0 Å². The van der Waals surface area contributed by atoms with Crippen LogP contribution < -0.4 is 4.90 Å². The summed E-state index contributed by atoms with van der Waals surface area (Å²) >= 11 is 0. The number of rotatable bonds is 5. The zero-order valence-corrected chi connectivity index (χ0v) is 12.0. The predicted molar refractivity (Wildman–Crippen MR) is 79.1 cm³/mol. The number of carboxylic acid groups (broad SMARTS) is 1. The molecule has 1 aliphatic heterocycles. The SMILES string of the molecule is CN(CC(=O)O)c1cccc2c1CCN(CC1CC1)C2. The Hall–Kier alpha value is -1.55. The zero-order chi connectivity index (χ0) is 14.1. The van der Waals surface area contributed by atoms with E-state index in [4.69, 9.17) is 5.11 Å². The molecular formula is C16H22N2O2. The van der Waals surface area contributed by atoms with Gasteiger partial charge in [-0.2, -0.15) is 0 Å². The minimum absolute atomic E-state index is 0.0578. The summed E-state index contributed by atoms with van der Waals surface area (Å²) in [5, 5.41) is 8.95. The Morgan fingerprint density at radius 2 is 2.25 bits per heavy atom. The van der Waals surface area contributed by atoms with E-state index >= 15 is 0 Å². The number of anilines is 1. The van der Waals surface area contributed by atoms with Gasteiger partial charge < -0.3 is 10.0 Å². The van der Waals surface area contributed by atoms with Crippen molar-refractivity contribution in [2.75, 3.05) is 31.6 Å². The van der Waals surface area contributed by atoms with E-state index in [1.54, 1.807) is 0 Å². The minimum Gasteiger partial charge on any atom is -0.480 e. The molecule has 1 N–H and O–H groups in total. The van der Waals surface area contributed by atoms with E-state index in [1.807, 2.05) is 24.1 Å². The van der Waals surface area contributed by atoms with Crippen LogP contribution in [-0.2, 0) is 17.8 Å². The molecule has 2 aliphatic rings. The number of carbonyl (C=O) groups is 1. The monoisotopic (exact) mass is 274 g/mol. The maximum Gasteiger partial charge on any atom is 0.323 e. The fourth-order valence-corrected chi connectivity index (χ4v) is 3.11. The van der Waals surface area contributed by atoms with E-state index in [1.165, 1.54) is 30.5 Å². The number of hydrogen-bond donors (Lipinski definition) is 1. The molecule has 3 rings (SSSR count). The van der Waals surface area contributed by atoms with Crippen molar-refractivity contribution in [2.24, 2.45) is 5.92 Å². The summed E-state index contributed by atoms with van der Waals surface area (Å²) in [5.74, 6) is 0.144. The van der Waals surface area contributed by atoms with Crippen molar-refractivity contribution in [1.29, 1.82) is 0 Å². The lowest BCUT2D eigenvalue weighted by Gasteiger charge is -2.32. The van der Waals surface area contributed by atoms with Gasteiger partial charge in [0.05, 0.1) is 0 Å². The molecule has 1 aromatic carbocycles. The molecule has 0 atom stereocenters. The molecule has 4 heteroatoms. The average molecular weight is 274 g/mol. The van der Waals surface area contributed by atoms with Crippen LogP contribution in [-0.4, -0.2) is 42.7 Å². The third-order valence-corrected chi connectivity index (χ3v) is 4.32. The summed E-state index contributed by atoms with van der Waals surface area (Å²) in [6.45, 7) is 3.40. The van der Waals surface area contributed by atoms with Crippen molar-refractivity contribution in [3.05, 3.63) is 29.3 Å². The largest absolute Gasteiger partial charge is 0.480 e. The highest BCUT2D eigenvalue weighted by molar-refractivity contribution is 5.74. The highest BCUT2D eigenvalue weighted by atomic mass is 16.4. The fourth-order valence-electron chi connectivity index (χ4n) is 3.11. The molecule has 0 unspecified atom stereocenters. The first-order valence-electron chi connectivity index (χ1n) is 7.39. The number of nitrogens with zero attached hydrogens (tertiary/aromatic N) is 2. The lowest BCUT2D eigenvalue weighted by molar-refractivity contribution is -0.135. The first-order chi connectivity index (χ1) is 9.63. The molecule has 0 bridgehead atoms. The Morgan fingerprint density at radius 1 is 1.45 bits per heavy atom. The Bertz CT molecular complexity index is 511. The van der Waals surface area contributed by atoms with Crippen LogP contribution in [0.1, 0.15) is 24.0 Å². The van der Waals surface area contributed by atoms with Gasteiger partial charge in [-0.3, -0.25) is 9.69 Å². The molecule has 0 radical (unpaired) electrons. The van der Waals surface area contributed by atoms with Crippen molar-refractivity contribution in [2.45, 2.75) is 25.8 Å². The maximum atomic E-state index is 10.9. The topological polar surface area (TPSA) is 43.8 Å². The number of hydrogen-bond acceptors (Lipinski definition) is 3. The number of likely N-dealkylation sites (N-methyl/N-ethyl adjacent to an activating group) is 1. The summed E-state index contributed by atoms with van der Waals surface area (Å²) in [5.41, 5.74) is 3.78. The molecule has 20 heavy (non-hydrogen) atoms. The lowest BCUT2D eigenvalue weighted by Crippen LogP contribution is -2.34. The third kappa shape index (κ3) is 2.96. The van der Waals surface area contributed by atoms with E-state index in [0.29, 0.717) is 0 Å². The predicted octanol–water partition coefficient (Wildman–Crippen LogP) is 1.98. The van der Waals surface area contributed by atoms with E-state index in [0.717, 1.165) is 31.1 Å². The van der Waals surface area contributed by atoms with Gasteiger partial charge in [0.2, 0.25) is 0 Å². The summed E-state index contributed by atoms with van der Waals surface area (Å²) in [6, 6.07) is 6.28. The van der Waals surface area contributed by atoms with Crippen LogP contribution in [0.4, 0.5) is 5.69 Å². The number of fused-ring (bicyclic) bond motifs is 1. The summed E-state index contributed by atoms with van der Waals surface area (Å²) in [6.07, 6.45) is 3.82. The molecule has 1 fully saturated rings. The molecular weight excluding hydrogens is 252 g/mol. The van der Waals surface area contributed by atoms with Crippen LogP contribution in [0.3, 0.4) is 0 Å². The van der Waals surface area contributed by atoms with Gasteiger partial charge in [0.15, 0.2) is 0 Å². The minimum atomic E-state index is -0.781. The summed E-state index contributed by atoms with van der Waals surface area (Å²) < 4.78 is 0. The van der Waals surface area contributed by atoms with E-state index in [9.17, 15) is 4.79 Å². The second-order valence-corrected chi connectivity index (χ2v) is 6.09. The molecule has 0 amide bonds. The molecule has 1 aromatic rings. The Balaban J connectivity index is 1.76. The van der Waals surface area contributed by atoms with Crippen LogP contribution in [0.15, 0.2) is 18.2 Å². The van der Waals surface area contributed by atoms with Gasteiger partial charge in [0, 0.05) is 32.4 Å². The number of benzene rings is 1. The van der Waals surface area contributed by atoms with E-state index < -0.39 is 5.97 Å². The molecule has 1 saturated carbocycles. The lowest BCUT2D eigenvalue weighted by atomic mass is 9.97. The first kappa shape index (κ1) is 13.4. The Morgan fingerprint density at radius 3 is 2.95 bits per heavy atom. The van der Waals surface area contributed by atoms with Crippen molar-refractivity contribution in [3.63, 3.8) is 0 Å². The van der Waals surface area contributed by atoms with Gasteiger partial charge in [-0.15, -0.1) is 0 Å². The second-order valence-electron chi connectivity index (χ2n) is 6.09. The van der Waals surface area contributed by atoms with Crippen LogP contribution in [0.5, 0.6) is 0 Å². The molecule has 0 saturated heterocycles. The van der Waals surface area contributed by atoms with Crippen molar-refractivity contribution in [3.8, 4) is 0 Å². The summed E-state index contributed by atoms with van der Waals surface area (Å²) in [4.78, 5) is 15.3.